The van der Waals surface area contributed by atoms with Crippen LogP contribution in [0.4, 0.5) is 0 Å². The molecule has 54 heavy (non-hydrogen) atoms. The predicted octanol–water partition coefficient (Wildman–Crippen LogP) is 13.0. The Kier molecular flexibility index (Phi) is 6.20. The summed E-state index contributed by atoms with van der Waals surface area (Å²) in [4.78, 5) is 0. The Morgan fingerprint density at radius 1 is 0.426 bits per heavy atom. The minimum atomic E-state index is 0.192. The molecule has 2 heterocycles. The van der Waals surface area contributed by atoms with Crippen molar-refractivity contribution in [3.63, 3.8) is 0 Å². The van der Waals surface area contributed by atoms with Gasteiger partial charge in [-0.05, 0) is 95.5 Å². The van der Waals surface area contributed by atoms with Crippen LogP contribution in [0, 0.1) is 0 Å². The zero-order valence-corrected chi connectivity index (χ0v) is 29.3. The van der Waals surface area contributed by atoms with Crippen molar-refractivity contribution in [3.05, 3.63) is 180 Å². The Labute approximate surface area is 310 Å². The van der Waals surface area contributed by atoms with Gasteiger partial charge in [0.2, 0.25) is 0 Å². The predicted molar refractivity (Wildman–Crippen MR) is 226 cm³/mol. The number of hydrogen-bond acceptors (Lipinski definition) is 2. The quantitative estimate of drug-likeness (QED) is 0.173. The van der Waals surface area contributed by atoms with Crippen molar-refractivity contribution in [2.45, 2.75) is 12.3 Å². The highest BCUT2D eigenvalue weighted by atomic mass is 16.4. The van der Waals surface area contributed by atoms with E-state index in [2.05, 4.69) is 164 Å². The molecule has 11 aromatic rings. The SMILES string of the molecule is C1=c2oc3c4oc5ccccc5c4c4ccccc4c3c2=CC(c2cccc(-c3c4ccccc4c(-c4ccc5ccccc5c4)c4ccccc34)c2)C1. The largest absolute Gasteiger partial charge is 0.452 e. The summed E-state index contributed by atoms with van der Waals surface area (Å²) in [5, 5.41) is 14.5. The topological polar surface area (TPSA) is 26.3 Å². The van der Waals surface area contributed by atoms with Crippen LogP contribution in [0.2, 0.25) is 0 Å². The number of para-hydroxylation sites is 1. The summed E-state index contributed by atoms with van der Waals surface area (Å²) in [6, 6.07) is 59.6. The fraction of sp³-hybridized carbons (Fsp3) is 0.0385. The molecule has 0 bridgehead atoms. The second-order valence-corrected chi connectivity index (χ2v) is 14.7. The van der Waals surface area contributed by atoms with E-state index in [-0.39, 0.29) is 5.92 Å². The lowest BCUT2D eigenvalue weighted by molar-refractivity contribution is 0.562. The molecule has 0 aliphatic heterocycles. The van der Waals surface area contributed by atoms with Crippen molar-refractivity contribution in [1.82, 2.24) is 0 Å². The van der Waals surface area contributed by atoms with E-state index in [1.165, 1.54) is 70.9 Å². The maximum Gasteiger partial charge on any atom is 0.179 e. The summed E-state index contributed by atoms with van der Waals surface area (Å²) in [7, 11) is 0. The summed E-state index contributed by atoms with van der Waals surface area (Å²) >= 11 is 0. The zero-order valence-electron chi connectivity index (χ0n) is 29.3. The summed E-state index contributed by atoms with van der Waals surface area (Å²) in [5.74, 6) is 0.192. The van der Waals surface area contributed by atoms with Gasteiger partial charge in [0.1, 0.15) is 11.0 Å². The van der Waals surface area contributed by atoms with Gasteiger partial charge in [0.25, 0.3) is 0 Å². The smallest absolute Gasteiger partial charge is 0.179 e. The highest BCUT2D eigenvalue weighted by Gasteiger charge is 2.23. The third-order valence-electron chi connectivity index (χ3n) is 11.7. The number of benzene rings is 9. The van der Waals surface area contributed by atoms with Gasteiger partial charge in [-0.2, -0.15) is 0 Å². The highest BCUT2D eigenvalue weighted by Crippen LogP contribution is 2.45. The standard InChI is InChI=1S/C52H32O2/c1-2-13-32-28-36(25-24-31(32)12-1)48-39-18-5-3-16-37(39)47(38-17-4-6-19-40(38)48)35-15-11-14-33(29-35)34-26-27-46-44(30-34)50-42-21-8-7-20-41(42)49-43-22-9-10-23-45(43)53-51(49)52(50)54-46/h1-25,27-30,34H,26H2. The molecule has 252 valence electrons. The molecule has 1 aliphatic rings. The first kappa shape index (κ1) is 29.7. The van der Waals surface area contributed by atoms with Crippen molar-refractivity contribution in [1.29, 1.82) is 0 Å². The molecule has 2 heteroatoms. The lowest BCUT2D eigenvalue weighted by Crippen LogP contribution is -2.25. The molecule has 2 nitrogen and oxygen atoms in total. The Morgan fingerprint density at radius 2 is 1.00 bits per heavy atom. The molecule has 0 radical (unpaired) electrons. The molecule has 0 saturated carbocycles. The molecule has 1 unspecified atom stereocenters. The van der Waals surface area contributed by atoms with E-state index in [0.29, 0.717) is 0 Å². The van der Waals surface area contributed by atoms with E-state index in [4.69, 9.17) is 8.83 Å². The minimum Gasteiger partial charge on any atom is -0.452 e. The number of rotatable bonds is 3. The lowest BCUT2D eigenvalue weighted by Gasteiger charge is -2.19. The van der Waals surface area contributed by atoms with Crippen LogP contribution in [0.15, 0.2) is 173 Å². The van der Waals surface area contributed by atoms with E-state index >= 15 is 0 Å². The number of furan rings is 2. The second kappa shape index (κ2) is 11.3. The first-order valence-corrected chi connectivity index (χ1v) is 18.8. The molecule has 0 N–H and O–H groups in total. The van der Waals surface area contributed by atoms with Crippen LogP contribution in [0.25, 0.3) is 110 Å². The normalized spacial score (nSPS) is 14.3. The molecule has 1 atom stereocenters. The van der Waals surface area contributed by atoms with Crippen molar-refractivity contribution in [3.8, 4) is 22.3 Å². The molecule has 1 aliphatic carbocycles. The van der Waals surface area contributed by atoms with Gasteiger partial charge in [-0.15, -0.1) is 0 Å². The summed E-state index contributed by atoms with van der Waals surface area (Å²) in [6.45, 7) is 0. The van der Waals surface area contributed by atoms with Gasteiger partial charge >= 0.3 is 0 Å². The average molecular weight is 689 g/mol. The van der Waals surface area contributed by atoms with Crippen LogP contribution in [0.1, 0.15) is 17.9 Å². The Balaban J connectivity index is 1.06. The molecule has 9 aromatic carbocycles. The molecule has 0 fully saturated rings. The van der Waals surface area contributed by atoms with Crippen molar-refractivity contribution >= 4 is 88.1 Å². The van der Waals surface area contributed by atoms with Gasteiger partial charge in [-0.25, -0.2) is 0 Å². The number of hydrogen-bond donors (Lipinski definition) is 0. The zero-order chi connectivity index (χ0) is 35.3. The van der Waals surface area contributed by atoms with Crippen LogP contribution in [-0.4, -0.2) is 0 Å². The fourth-order valence-corrected chi connectivity index (χ4v) is 9.35. The van der Waals surface area contributed by atoms with Gasteiger partial charge < -0.3 is 8.83 Å². The van der Waals surface area contributed by atoms with Crippen molar-refractivity contribution < 1.29 is 8.83 Å². The molecule has 12 rings (SSSR count). The molecule has 0 saturated heterocycles. The highest BCUT2D eigenvalue weighted by molar-refractivity contribution is 6.29. The van der Waals surface area contributed by atoms with Gasteiger partial charge in [-0.1, -0.05) is 158 Å². The maximum absolute atomic E-state index is 6.71. The molecular formula is C52H32O2. The summed E-state index contributed by atoms with van der Waals surface area (Å²) < 4.78 is 13.2. The van der Waals surface area contributed by atoms with E-state index in [1.807, 2.05) is 12.1 Å². The first-order valence-electron chi connectivity index (χ1n) is 18.8. The Hall–Kier alpha value is -6.90. The van der Waals surface area contributed by atoms with Crippen LogP contribution < -0.4 is 10.6 Å². The Morgan fingerprint density at radius 3 is 1.72 bits per heavy atom. The minimum absolute atomic E-state index is 0.192. The van der Waals surface area contributed by atoms with Gasteiger partial charge in [0, 0.05) is 27.3 Å². The van der Waals surface area contributed by atoms with Crippen molar-refractivity contribution in [2.24, 2.45) is 0 Å². The second-order valence-electron chi connectivity index (χ2n) is 14.7. The Bertz CT molecular complexity index is 3430. The lowest BCUT2D eigenvalue weighted by atomic mass is 9.84. The van der Waals surface area contributed by atoms with Gasteiger partial charge in [0.15, 0.2) is 11.2 Å². The van der Waals surface area contributed by atoms with E-state index in [9.17, 15) is 0 Å². The van der Waals surface area contributed by atoms with Crippen LogP contribution >= 0.6 is 0 Å². The van der Waals surface area contributed by atoms with E-state index < -0.39 is 0 Å². The molecule has 2 aromatic heterocycles. The third kappa shape index (κ3) is 4.22. The van der Waals surface area contributed by atoms with Crippen LogP contribution in [-0.2, 0) is 0 Å². The van der Waals surface area contributed by atoms with E-state index in [1.54, 1.807) is 0 Å². The fourth-order valence-electron chi connectivity index (χ4n) is 9.35. The van der Waals surface area contributed by atoms with Gasteiger partial charge in [-0.3, -0.25) is 0 Å². The van der Waals surface area contributed by atoms with Crippen molar-refractivity contribution in [2.75, 3.05) is 0 Å². The van der Waals surface area contributed by atoms with Gasteiger partial charge in [0.05, 0.1) is 0 Å². The van der Waals surface area contributed by atoms with Crippen LogP contribution in [0.3, 0.4) is 0 Å². The van der Waals surface area contributed by atoms with Crippen LogP contribution in [0.5, 0.6) is 0 Å². The molecule has 0 spiro atoms. The summed E-state index contributed by atoms with van der Waals surface area (Å²) in [5.41, 5.74) is 9.79. The maximum atomic E-state index is 6.71. The van der Waals surface area contributed by atoms with E-state index in [0.717, 1.165) is 50.0 Å². The monoisotopic (exact) mass is 688 g/mol. The number of fused-ring (bicyclic) bond motifs is 13. The first-order chi connectivity index (χ1) is 26.8. The molecule has 0 amide bonds. The summed E-state index contributed by atoms with van der Waals surface area (Å²) in [6.07, 6.45) is 5.57. The average Bonchev–Trinajstić information content (AvgIpc) is 3.82. The third-order valence-corrected chi connectivity index (χ3v) is 11.7. The molecular weight excluding hydrogens is 657 g/mol.